The Hall–Kier alpha value is -1.38. The van der Waals surface area contributed by atoms with E-state index < -0.39 is 0 Å². The largest absolute Gasteiger partial charge is 0.295 e. The zero-order valence-corrected chi connectivity index (χ0v) is 11.7. The summed E-state index contributed by atoms with van der Waals surface area (Å²) in [5.74, 6) is 0. The number of rotatable bonds is 0. The fraction of sp³-hybridized carbons (Fsp3) is 0.571. The molecule has 0 unspecified atom stereocenters. The average Bonchev–Trinajstić information content (AvgIpc) is 2.57. The number of hydrogen-bond acceptors (Lipinski definition) is 1. The fourth-order valence-corrected chi connectivity index (χ4v) is 1.93. The highest BCUT2D eigenvalue weighted by molar-refractivity contribution is 5.51. The summed E-state index contributed by atoms with van der Waals surface area (Å²) in [6.07, 6.45) is 8.25. The van der Waals surface area contributed by atoms with Crippen molar-refractivity contribution in [1.82, 2.24) is 9.38 Å². The molecule has 3 heteroatoms. The molecule has 0 saturated carbocycles. The zero-order valence-electron chi connectivity index (χ0n) is 11.7. The van der Waals surface area contributed by atoms with Crippen molar-refractivity contribution in [3.63, 3.8) is 0 Å². The second kappa shape index (κ2) is 3.56. The molecule has 92 valence electrons. The molecule has 0 spiro atoms. The van der Waals surface area contributed by atoms with Gasteiger partial charge in [-0.2, -0.15) is 4.57 Å². The van der Waals surface area contributed by atoms with E-state index in [4.69, 9.17) is 0 Å². The van der Waals surface area contributed by atoms with E-state index in [1.165, 1.54) is 5.52 Å². The Balaban J connectivity index is 2.67. The molecule has 0 radical (unpaired) electrons. The summed E-state index contributed by atoms with van der Waals surface area (Å²) in [6, 6.07) is 0. The summed E-state index contributed by atoms with van der Waals surface area (Å²) in [5.41, 5.74) is 2.51. The minimum absolute atomic E-state index is 0.0752. The van der Waals surface area contributed by atoms with E-state index in [1.54, 1.807) is 0 Å². The van der Waals surface area contributed by atoms with Gasteiger partial charge in [0.05, 0.1) is 18.2 Å². The van der Waals surface area contributed by atoms with Crippen molar-refractivity contribution in [2.45, 2.75) is 52.5 Å². The Bertz CT molecular complexity index is 539. The van der Waals surface area contributed by atoms with E-state index >= 15 is 0 Å². The van der Waals surface area contributed by atoms with Gasteiger partial charge in [-0.05, 0) is 0 Å². The maximum absolute atomic E-state index is 4.54. The van der Waals surface area contributed by atoms with E-state index in [-0.39, 0.29) is 11.0 Å². The minimum Gasteiger partial charge on any atom is -0.295 e. The SMILES string of the molecule is CC(C)(C)c1ncn2cc[n+](C(C)(C)C)cc12. The van der Waals surface area contributed by atoms with Crippen LogP contribution in [0.15, 0.2) is 24.9 Å². The van der Waals surface area contributed by atoms with Crippen molar-refractivity contribution in [1.29, 1.82) is 0 Å². The van der Waals surface area contributed by atoms with Crippen LogP contribution in [0.4, 0.5) is 0 Å². The molecule has 0 atom stereocenters. The Morgan fingerprint density at radius 3 is 2.29 bits per heavy atom. The highest BCUT2D eigenvalue weighted by atomic mass is 15.1. The van der Waals surface area contributed by atoms with Gasteiger partial charge in [-0.25, -0.2) is 4.98 Å². The Morgan fingerprint density at radius 1 is 1.12 bits per heavy atom. The molecule has 17 heavy (non-hydrogen) atoms. The second-order valence-corrected chi connectivity index (χ2v) is 6.64. The Labute approximate surface area is 103 Å². The first-order valence-electron chi connectivity index (χ1n) is 6.08. The number of aromatic nitrogens is 3. The molecule has 3 nitrogen and oxygen atoms in total. The van der Waals surface area contributed by atoms with Gasteiger partial charge in [0.2, 0.25) is 0 Å². The molecule has 0 saturated heterocycles. The van der Waals surface area contributed by atoms with Crippen LogP contribution in [0.2, 0.25) is 0 Å². The van der Waals surface area contributed by atoms with Crippen LogP contribution in [0.25, 0.3) is 5.52 Å². The lowest BCUT2D eigenvalue weighted by Crippen LogP contribution is -2.49. The maximum Gasteiger partial charge on any atom is 0.195 e. The molecule has 2 aromatic rings. The predicted molar refractivity (Wildman–Crippen MR) is 69.1 cm³/mol. The monoisotopic (exact) mass is 232 g/mol. The van der Waals surface area contributed by atoms with Gasteiger partial charge in [-0.15, -0.1) is 0 Å². The second-order valence-electron chi connectivity index (χ2n) is 6.64. The van der Waals surface area contributed by atoms with Crippen LogP contribution in [0.5, 0.6) is 0 Å². The lowest BCUT2D eigenvalue weighted by atomic mass is 9.91. The van der Waals surface area contributed by atoms with Gasteiger partial charge < -0.3 is 0 Å². The molecule has 0 amide bonds. The summed E-state index contributed by atoms with van der Waals surface area (Å²) < 4.78 is 4.32. The van der Waals surface area contributed by atoms with Gasteiger partial charge in [-0.3, -0.25) is 4.40 Å². The first-order chi connectivity index (χ1) is 7.69. The molecule has 0 aliphatic heterocycles. The summed E-state index contributed by atoms with van der Waals surface area (Å²) in [7, 11) is 0. The molecular weight excluding hydrogens is 210 g/mol. The van der Waals surface area contributed by atoms with E-state index in [1.807, 2.05) is 6.33 Å². The van der Waals surface area contributed by atoms with Gasteiger partial charge in [0, 0.05) is 26.2 Å². The van der Waals surface area contributed by atoms with E-state index in [0.29, 0.717) is 0 Å². The van der Waals surface area contributed by atoms with Crippen LogP contribution in [0.3, 0.4) is 0 Å². The molecular formula is C14H22N3+. The van der Waals surface area contributed by atoms with Crippen LogP contribution in [0, 0.1) is 0 Å². The topological polar surface area (TPSA) is 21.2 Å². The van der Waals surface area contributed by atoms with Crippen molar-refractivity contribution < 1.29 is 4.57 Å². The number of hydrogen-bond donors (Lipinski definition) is 0. The predicted octanol–water partition coefficient (Wildman–Crippen LogP) is 2.67. The maximum atomic E-state index is 4.54. The van der Waals surface area contributed by atoms with Gasteiger partial charge in [0.25, 0.3) is 0 Å². The molecule has 0 N–H and O–H groups in total. The summed E-state index contributed by atoms with van der Waals surface area (Å²) >= 11 is 0. The molecule has 2 aromatic heterocycles. The number of nitrogens with zero attached hydrogens (tertiary/aromatic N) is 3. The molecule has 2 rings (SSSR count). The molecule has 0 fully saturated rings. The quantitative estimate of drug-likeness (QED) is 0.640. The number of imidazole rings is 1. The first-order valence-corrected chi connectivity index (χ1v) is 6.08. The zero-order chi connectivity index (χ0) is 12.8. The Kier molecular flexibility index (Phi) is 2.53. The molecule has 0 bridgehead atoms. The lowest BCUT2D eigenvalue weighted by Gasteiger charge is -2.17. The third-order valence-electron chi connectivity index (χ3n) is 2.97. The summed E-state index contributed by atoms with van der Waals surface area (Å²) in [4.78, 5) is 4.54. The fourth-order valence-electron chi connectivity index (χ4n) is 1.93. The van der Waals surface area contributed by atoms with Crippen LogP contribution in [-0.2, 0) is 11.0 Å². The third kappa shape index (κ3) is 2.19. The molecule has 0 aliphatic carbocycles. The molecule has 0 aliphatic rings. The smallest absolute Gasteiger partial charge is 0.195 e. The van der Waals surface area contributed by atoms with Crippen molar-refractivity contribution in [2.24, 2.45) is 0 Å². The van der Waals surface area contributed by atoms with Gasteiger partial charge in [-0.1, -0.05) is 20.8 Å². The van der Waals surface area contributed by atoms with Gasteiger partial charge >= 0.3 is 0 Å². The lowest BCUT2D eigenvalue weighted by molar-refractivity contribution is -0.753. The van der Waals surface area contributed by atoms with Crippen LogP contribution in [-0.4, -0.2) is 9.38 Å². The van der Waals surface area contributed by atoms with Crippen LogP contribution < -0.4 is 4.57 Å². The van der Waals surface area contributed by atoms with Gasteiger partial charge in [0.1, 0.15) is 5.52 Å². The third-order valence-corrected chi connectivity index (χ3v) is 2.97. The normalized spacial score (nSPS) is 13.3. The van der Waals surface area contributed by atoms with Crippen molar-refractivity contribution in [3.8, 4) is 0 Å². The molecule has 2 heterocycles. The molecule has 0 aromatic carbocycles. The first kappa shape index (κ1) is 12.1. The summed E-state index contributed by atoms with van der Waals surface area (Å²) in [6.45, 7) is 13.2. The van der Waals surface area contributed by atoms with Crippen molar-refractivity contribution >= 4 is 5.52 Å². The van der Waals surface area contributed by atoms with E-state index in [9.17, 15) is 0 Å². The van der Waals surface area contributed by atoms with Crippen LogP contribution in [0.1, 0.15) is 47.2 Å². The highest BCUT2D eigenvalue weighted by Crippen LogP contribution is 2.24. The highest BCUT2D eigenvalue weighted by Gasteiger charge is 2.25. The van der Waals surface area contributed by atoms with Gasteiger partial charge in [0.15, 0.2) is 17.9 Å². The minimum atomic E-state index is 0.0752. The van der Waals surface area contributed by atoms with Crippen LogP contribution >= 0.6 is 0 Å². The average molecular weight is 232 g/mol. The van der Waals surface area contributed by atoms with Crippen molar-refractivity contribution in [3.05, 3.63) is 30.6 Å². The standard InChI is InChI=1S/C14H22N3/c1-13(2,3)12-11-9-17(14(4,5)6)8-7-16(11)10-15-12/h7-10H,1-6H3/q+1. The summed E-state index contributed by atoms with van der Waals surface area (Å²) in [5, 5.41) is 0. The van der Waals surface area contributed by atoms with E-state index in [2.05, 4.69) is 74.1 Å². The number of fused-ring (bicyclic) bond motifs is 1. The Morgan fingerprint density at radius 2 is 1.76 bits per heavy atom. The van der Waals surface area contributed by atoms with E-state index in [0.717, 1.165) is 5.69 Å². The van der Waals surface area contributed by atoms with Crippen molar-refractivity contribution in [2.75, 3.05) is 0 Å².